The number of ether oxygens (including phenoxy) is 2. The number of rotatable bonds is 32. The summed E-state index contributed by atoms with van der Waals surface area (Å²) in [5.41, 5.74) is 0. The molecule has 3 nitrogen and oxygen atoms in total. The Morgan fingerprint density at radius 3 is 1.38 bits per heavy atom. The van der Waals surface area contributed by atoms with Gasteiger partial charge in [-0.2, -0.15) is 0 Å². The molecule has 1 aliphatic heterocycles. The van der Waals surface area contributed by atoms with Gasteiger partial charge < -0.3 is 14.8 Å². The molecule has 278 valence electrons. The van der Waals surface area contributed by atoms with Gasteiger partial charge in [0.1, 0.15) is 0 Å². The Kier molecular flexibility index (Phi) is 27.5. The van der Waals surface area contributed by atoms with Crippen LogP contribution in [-0.2, 0) is 9.47 Å². The third-order valence-electron chi connectivity index (χ3n) is 10.6. The smallest absolute Gasteiger partial charge is 0.169 e. The molecule has 0 radical (unpaired) electrons. The third-order valence-corrected chi connectivity index (χ3v) is 10.6. The second kappa shape index (κ2) is 30.6. The quantitative estimate of drug-likeness (QED) is 0.0572. The SMILES string of the molecule is CCCCC/C=C\C/C=C\CCCCCCCCC1(CCCCCCCC/C=C\C/C=C\CCCCC)O[C@H]2CC[C@@H](CNC)C[C@@H]2O1. The highest BCUT2D eigenvalue weighted by Gasteiger charge is 2.48. The van der Waals surface area contributed by atoms with Gasteiger partial charge in [-0.15, -0.1) is 0 Å². The average molecular weight is 668 g/mol. The lowest BCUT2D eigenvalue weighted by Crippen LogP contribution is -2.34. The molecular formula is C45H81NO2. The number of unbranched alkanes of at least 4 members (excludes halogenated alkanes) is 18. The monoisotopic (exact) mass is 668 g/mol. The van der Waals surface area contributed by atoms with E-state index in [1.54, 1.807) is 0 Å². The number of fused-ring (bicyclic) bond motifs is 1. The van der Waals surface area contributed by atoms with Crippen LogP contribution in [0.4, 0.5) is 0 Å². The fraction of sp³-hybridized carbons (Fsp3) is 0.822. The third kappa shape index (κ3) is 21.8. The maximum absolute atomic E-state index is 6.90. The largest absolute Gasteiger partial charge is 0.344 e. The molecule has 3 atom stereocenters. The summed E-state index contributed by atoms with van der Waals surface area (Å²) in [5, 5.41) is 3.40. The van der Waals surface area contributed by atoms with Gasteiger partial charge in [0.15, 0.2) is 5.79 Å². The van der Waals surface area contributed by atoms with Gasteiger partial charge in [-0.3, -0.25) is 0 Å². The van der Waals surface area contributed by atoms with Gasteiger partial charge in [-0.1, -0.05) is 140 Å². The highest BCUT2D eigenvalue weighted by molar-refractivity contribution is 4.94. The molecule has 0 unspecified atom stereocenters. The molecule has 0 amide bonds. The van der Waals surface area contributed by atoms with Crippen molar-refractivity contribution in [2.24, 2.45) is 5.92 Å². The zero-order valence-corrected chi connectivity index (χ0v) is 32.4. The zero-order valence-electron chi connectivity index (χ0n) is 32.4. The molecule has 0 spiro atoms. The Labute approximate surface area is 300 Å². The topological polar surface area (TPSA) is 30.5 Å². The van der Waals surface area contributed by atoms with Crippen molar-refractivity contribution in [3.05, 3.63) is 48.6 Å². The van der Waals surface area contributed by atoms with Crippen molar-refractivity contribution < 1.29 is 9.47 Å². The van der Waals surface area contributed by atoms with E-state index in [0.717, 1.165) is 38.1 Å². The number of allylic oxidation sites excluding steroid dienone is 8. The van der Waals surface area contributed by atoms with Gasteiger partial charge in [0, 0.05) is 12.8 Å². The van der Waals surface area contributed by atoms with E-state index in [1.165, 1.54) is 161 Å². The van der Waals surface area contributed by atoms with Crippen molar-refractivity contribution in [1.29, 1.82) is 0 Å². The molecule has 2 aliphatic rings. The predicted octanol–water partition coefficient (Wildman–Crippen LogP) is 13.9. The van der Waals surface area contributed by atoms with Crippen LogP contribution in [0.1, 0.15) is 200 Å². The Bertz CT molecular complexity index is 781. The van der Waals surface area contributed by atoms with Crippen LogP contribution in [0.3, 0.4) is 0 Å². The highest BCUT2D eigenvalue weighted by Crippen LogP contribution is 2.44. The molecule has 1 saturated heterocycles. The molecular weight excluding hydrogens is 587 g/mol. The normalized spacial score (nSPS) is 21.1. The van der Waals surface area contributed by atoms with Crippen LogP contribution in [0, 0.1) is 5.92 Å². The second-order valence-corrected chi connectivity index (χ2v) is 15.1. The molecule has 1 aliphatic carbocycles. The van der Waals surface area contributed by atoms with E-state index in [9.17, 15) is 0 Å². The summed E-state index contributed by atoms with van der Waals surface area (Å²) in [6, 6.07) is 0. The van der Waals surface area contributed by atoms with Crippen LogP contribution in [0.25, 0.3) is 0 Å². The van der Waals surface area contributed by atoms with Crippen molar-refractivity contribution in [2.75, 3.05) is 13.6 Å². The molecule has 48 heavy (non-hydrogen) atoms. The number of hydrogen-bond donors (Lipinski definition) is 1. The van der Waals surface area contributed by atoms with Crippen molar-refractivity contribution in [2.45, 2.75) is 218 Å². The molecule has 0 aromatic carbocycles. The first-order valence-electron chi connectivity index (χ1n) is 21.3. The molecule has 2 rings (SSSR count). The predicted molar refractivity (Wildman–Crippen MR) is 212 cm³/mol. The van der Waals surface area contributed by atoms with Gasteiger partial charge in [0.25, 0.3) is 0 Å². The van der Waals surface area contributed by atoms with Crippen molar-refractivity contribution in [1.82, 2.24) is 5.32 Å². The van der Waals surface area contributed by atoms with E-state index in [-0.39, 0.29) is 5.79 Å². The Morgan fingerprint density at radius 1 is 0.500 bits per heavy atom. The van der Waals surface area contributed by atoms with E-state index >= 15 is 0 Å². The fourth-order valence-corrected chi connectivity index (χ4v) is 7.62. The van der Waals surface area contributed by atoms with E-state index < -0.39 is 0 Å². The minimum atomic E-state index is -0.311. The molecule has 2 fully saturated rings. The summed E-state index contributed by atoms with van der Waals surface area (Å²) in [7, 11) is 2.08. The van der Waals surface area contributed by atoms with E-state index in [0.29, 0.717) is 12.2 Å². The summed E-state index contributed by atoms with van der Waals surface area (Å²) in [5.74, 6) is 0.424. The second-order valence-electron chi connectivity index (χ2n) is 15.1. The van der Waals surface area contributed by atoms with Crippen molar-refractivity contribution >= 4 is 0 Å². The average Bonchev–Trinajstić information content (AvgIpc) is 3.45. The molecule has 1 saturated carbocycles. The molecule has 0 aromatic heterocycles. The lowest BCUT2D eigenvalue weighted by molar-refractivity contribution is -0.186. The van der Waals surface area contributed by atoms with Gasteiger partial charge >= 0.3 is 0 Å². The maximum Gasteiger partial charge on any atom is 0.169 e. The van der Waals surface area contributed by atoms with Gasteiger partial charge in [0.05, 0.1) is 12.2 Å². The maximum atomic E-state index is 6.90. The van der Waals surface area contributed by atoms with Crippen LogP contribution >= 0.6 is 0 Å². The number of nitrogens with one attached hydrogen (secondary N) is 1. The van der Waals surface area contributed by atoms with E-state index in [1.807, 2.05) is 0 Å². The summed E-state index contributed by atoms with van der Waals surface area (Å²) < 4.78 is 13.8. The first kappa shape index (κ1) is 43.0. The minimum Gasteiger partial charge on any atom is -0.344 e. The molecule has 1 heterocycles. The van der Waals surface area contributed by atoms with Gasteiger partial charge in [-0.05, 0) is 116 Å². The minimum absolute atomic E-state index is 0.311. The summed E-state index contributed by atoms with van der Waals surface area (Å²) >= 11 is 0. The fourth-order valence-electron chi connectivity index (χ4n) is 7.62. The molecule has 0 aromatic rings. The van der Waals surface area contributed by atoms with Gasteiger partial charge in [0.2, 0.25) is 0 Å². The van der Waals surface area contributed by atoms with E-state index in [2.05, 4.69) is 74.8 Å². The summed E-state index contributed by atoms with van der Waals surface area (Å²) in [6.07, 6.45) is 56.4. The Balaban J connectivity index is 1.58. The summed E-state index contributed by atoms with van der Waals surface area (Å²) in [6.45, 7) is 5.65. The van der Waals surface area contributed by atoms with Gasteiger partial charge in [-0.25, -0.2) is 0 Å². The Hall–Kier alpha value is -1.16. The first-order valence-corrected chi connectivity index (χ1v) is 21.3. The lowest BCUT2D eigenvalue weighted by Gasteiger charge is -2.29. The zero-order chi connectivity index (χ0) is 34.2. The molecule has 1 N–H and O–H groups in total. The van der Waals surface area contributed by atoms with E-state index in [4.69, 9.17) is 9.47 Å². The highest BCUT2D eigenvalue weighted by atomic mass is 16.8. The molecule has 0 bridgehead atoms. The van der Waals surface area contributed by atoms with Crippen LogP contribution < -0.4 is 5.32 Å². The molecule has 3 heteroatoms. The van der Waals surface area contributed by atoms with Crippen LogP contribution in [0.5, 0.6) is 0 Å². The van der Waals surface area contributed by atoms with Crippen LogP contribution in [0.15, 0.2) is 48.6 Å². The lowest BCUT2D eigenvalue weighted by atomic mass is 9.85. The van der Waals surface area contributed by atoms with Crippen LogP contribution in [0.2, 0.25) is 0 Å². The van der Waals surface area contributed by atoms with Crippen molar-refractivity contribution in [3.63, 3.8) is 0 Å². The van der Waals surface area contributed by atoms with Crippen molar-refractivity contribution in [3.8, 4) is 0 Å². The standard InChI is InChI=1S/C45H81NO2/c1-4-6-8-10-12-14-16-18-20-22-24-26-28-30-32-34-38-45(47-43-37-36-42(41-46-3)40-44(43)48-45)39-35-33-31-29-27-25-23-21-19-17-15-13-11-9-7-5-2/h12-15,18-21,42-44,46H,4-11,16-17,22-41H2,1-3H3/b14-12-,15-13-,20-18-,21-19-/t42-,43+,44+/m1/s1. The summed E-state index contributed by atoms with van der Waals surface area (Å²) in [4.78, 5) is 0. The Morgan fingerprint density at radius 2 is 0.917 bits per heavy atom. The van der Waals surface area contributed by atoms with Crippen LogP contribution in [-0.4, -0.2) is 31.6 Å². The number of hydrogen-bond acceptors (Lipinski definition) is 3. The first-order chi connectivity index (χ1) is 23.7.